The van der Waals surface area contributed by atoms with Crippen LogP contribution in [0.1, 0.15) is 19.8 Å². The van der Waals surface area contributed by atoms with Gasteiger partial charge in [0, 0.05) is 24.3 Å². The van der Waals surface area contributed by atoms with Crippen LogP contribution < -0.4 is 4.74 Å². The van der Waals surface area contributed by atoms with Crippen molar-refractivity contribution in [1.29, 1.82) is 0 Å². The highest BCUT2D eigenvalue weighted by Gasteiger charge is 2.22. The van der Waals surface area contributed by atoms with E-state index in [1.807, 2.05) is 64.1 Å². The summed E-state index contributed by atoms with van der Waals surface area (Å²) in [5, 5.41) is 9.57. The molecule has 0 N–H and O–H groups in total. The summed E-state index contributed by atoms with van der Waals surface area (Å²) < 4.78 is 7.37. The maximum atomic E-state index is 12.7. The van der Waals surface area contributed by atoms with Crippen LogP contribution in [0.4, 0.5) is 0 Å². The summed E-state index contributed by atoms with van der Waals surface area (Å²) in [6, 6.07) is 17.8. The van der Waals surface area contributed by atoms with E-state index in [-0.39, 0.29) is 5.91 Å². The van der Waals surface area contributed by atoms with Crippen LogP contribution >= 0.6 is 11.8 Å². The topological polar surface area (TPSA) is 60.3 Å². The number of aromatic nitrogens is 3. The second-order valence-electron chi connectivity index (χ2n) is 7.56. The second kappa shape index (κ2) is 9.34. The summed E-state index contributed by atoms with van der Waals surface area (Å²) in [5.41, 5.74) is 1.87. The molecular weight excluding hydrogens is 396 g/mol. The first-order chi connectivity index (χ1) is 14.7. The highest BCUT2D eigenvalue weighted by molar-refractivity contribution is 7.99. The zero-order valence-corrected chi connectivity index (χ0v) is 18.1. The number of ether oxygens (including phenoxy) is 1. The molecule has 2 aromatic carbocycles. The van der Waals surface area contributed by atoms with E-state index in [4.69, 9.17) is 4.74 Å². The van der Waals surface area contributed by atoms with Gasteiger partial charge in [-0.3, -0.25) is 9.36 Å². The van der Waals surface area contributed by atoms with Crippen LogP contribution in [-0.2, 0) is 4.79 Å². The van der Waals surface area contributed by atoms with Crippen LogP contribution in [0.2, 0.25) is 0 Å². The first-order valence-corrected chi connectivity index (χ1v) is 11.2. The number of hydrogen-bond donors (Lipinski definition) is 0. The van der Waals surface area contributed by atoms with Crippen LogP contribution in [0.15, 0.2) is 59.8 Å². The van der Waals surface area contributed by atoms with Crippen LogP contribution in [0.5, 0.6) is 5.75 Å². The summed E-state index contributed by atoms with van der Waals surface area (Å²) in [7, 11) is 1.65. The van der Waals surface area contributed by atoms with E-state index < -0.39 is 0 Å². The maximum Gasteiger partial charge on any atom is 0.233 e. The molecule has 7 heteroatoms. The van der Waals surface area contributed by atoms with E-state index in [1.54, 1.807) is 7.11 Å². The Bertz CT molecular complexity index is 997. The van der Waals surface area contributed by atoms with Crippen LogP contribution in [0, 0.1) is 5.92 Å². The molecule has 0 atom stereocenters. The van der Waals surface area contributed by atoms with Crippen molar-refractivity contribution < 1.29 is 9.53 Å². The van der Waals surface area contributed by atoms with Gasteiger partial charge < -0.3 is 9.64 Å². The molecule has 1 aromatic heterocycles. The van der Waals surface area contributed by atoms with Crippen molar-refractivity contribution in [2.45, 2.75) is 24.9 Å². The summed E-state index contributed by atoms with van der Waals surface area (Å²) in [5.74, 6) is 2.71. The fourth-order valence-electron chi connectivity index (χ4n) is 3.60. The van der Waals surface area contributed by atoms with E-state index in [0.29, 0.717) is 16.8 Å². The minimum absolute atomic E-state index is 0.164. The SMILES string of the molecule is COc1cccc(-c2nnc(SCC(=O)N3CCC(C)CC3)n2-c2ccccc2)c1. The van der Waals surface area contributed by atoms with Crippen molar-refractivity contribution >= 4 is 17.7 Å². The van der Waals surface area contributed by atoms with Gasteiger partial charge in [-0.1, -0.05) is 49.0 Å². The van der Waals surface area contributed by atoms with Crippen molar-refractivity contribution in [2.75, 3.05) is 26.0 Å². The molecule has 156 valence electrons. The number of benzene rings is 2. The predicted molar refractivity (Wildman–Crippen MR) is 119 cm³/mol. The fourth-order valence-corrected chi connectivity index (χ4v) is 4.45. The monoisotopic (exact) mass is 422 g/mol. The quantitative estimate of drug-likeness (QED) is 0.555. The number of rotatable bonds is 6. The maximum absolute atomic E-state index is 12.7. The number of thioether (sulfide) groups is 1. The van der Waals surface area contributed by atoms with Gasteiger partial charge in [0.05, 0.1) is 12.9 Å². The number of methoxy groups -OCH3 is 1. The number of para-hydroxylation sites is 1. The molecule has 1 fully saturated rings. The molecule has 1 aliphatic rings. The normalized spacial score (nSPS) is 14.7. The Morgan fingerprint density at radius 3 is 2.60 bits per heavy atom. The molecule has 0 spiro atoms. The molecule has 1 saturated heterocycles. The molecule has 1 amide bonds. The summed E-state index contributed by atoms with van der Waals surface area (Å²) in [6.07, 6.45) is 2.16. The number of carbonyl (C=O) groups excluding carboxylic acids is 1. The largest absolute Gasteiger partial charge is 0.497 e. The van der Waals surface area contributed by atoms with Gasteiger partial charge >= 0.3 is 0 Å². The van der Waals surface area contributed by atoms with Crippen molar-refractivity contribution in [3.8, 4) is 22.8 Å². The number of hydrogen-bond acceptors (Lipinski definition) is 5. The van der Waals surface area contributed by atoms with Gasteiger partial charge in [0.2, 0.25) is 5.91 Å². The molecule has 6 nitrogen and oxygen atoms in total. The van der Waals surface area contributed by atoms with E-state index in [2.05, 4.69) is 17.1 Å². The molecule has 3 aromatic rings. The van der Waals surface area contributed by atoms with Gasteiger partial charge in [0.15, 0.2) is 11.0 Å². The fraction of sp³-hybridized carbons (Fsp3) is 0.348. The van der Waals surface area contributed by atoms with E-state index in [0.717, 1.165) is 48.8 Å². The van der Waals surface area contributed by atoms with Gasteiger partial charge in [0.25, 0.3) is 0 Å². The number of nitrogens with zero attached hydrogens (tertiary/aromatic N) is 4. The zero-order valence-electron chi connectivity index (χ0n) is 17.3. The Kier molecular flexibility index (Phi) is 6.38. The lowest BCUT2D eigenvalue weighted by atomic mass is 9.99. The molecule has 0 radical (unpaired) electrons. The molecule has 4 rings (SSSR count). The summed E-state index contributed by atoms with van der Waals surface area (Å²) in [4.78, 5) is 14.7. The highest BCUT2D eigenvalue weighted by atomic mass is 32.2. The first kappa shape index (κ1) is 20.5. The molecule has 0 unspecified atom stereocenters. The molecule has 2 heterocycles. The Hall–Kier alpha value is -2.80. The molecule has 1 aliphatic heterocycles. The zero-order chi connectivity index (χ0) is 20.9. The third kappa shape index (κ3) is 4.51. The van der Waals surface area contributed by atoms with E-state index in [9.17, 15) is 4.79 Å². The second-order valence-corrected chi connectivity index (χ2v) is 8.50. The van der Waals surface area contributed by atoms with Crippen molar-refractivity contribution in [3.05, 3.63) is 54.6 Å². The lowest BCUT2D eigenvalue weighted by Crippen LogP contribution is -2.38. The molecule has 0 aliphatic carbocycles. The molecule has 0 saturated carbocycles. The first-order valence-electron chi connectivity index (χ1n) is 10.2. The Labute approximate surface area is 181 Å². The van der Waals surface area contributed by atoms with E-state index in [1.165, 1.54) is 11.8 Å². The lowest BCUT2D eigenvalue weighted by molar-refractivity contribution is -0.129. The molecule has 30 heavy (non-hydrogen) atoms. The Morgan fingerprint density at radius 2 is 1.87 bits per heavy atom. The third-order valence-electron chi connectivity index (χ3n) is 5.44. The molecular formula is C23H26N4O2S. The minimum atomic E-state index is 0.164. The van der Waals surface area contributed by atoms with Gasteiger partial charge in [-0.05, 0) is 43.0 Å². The van der Waals surface area contributed by atoms with Crippen LogP contribution in [-0.4, -0.2) is 51.5 Å². The average Bonchev–Trinajstić information content (AvgIpc) is 3.22. The standard InChI is InChI=1S/C23H26N4O2S/c1-17-11-13-26(14-12-17)21(28)16-30-23-25-24-22(18-7-6-10-20(15-18)29-2)27(23)19-8-4-3-5-9-19/h3-10,15,17H,11-14,16H2,1-2H3. The van der Waals surface area contributed by atoms with Gasteiger partial charge in [-0.2, -0.15) is 0 Å². The highest BCUT2D eigenvalue weighted by Crippen LogP contribution is 2.30. The third-order valence-corrected chi connectivity index (χ3v) is 6.35. The number of likely N-dealkylation sites (tertiary alicyclic amines) is 1. The lowest BCUT2D eigenvalue weighted by Gasteiger charge is -2.30. The van der Waals surface area contributed by atoms with Gasteiger partial charge in [-0.25, -0.2) is 0 Å². The summed E-state index contributed by atoms with van der Waals surface area (Å²) in [6.45, 7) is 3.95. The predicted octanol–water partition coefficient (Wildman–Crippen LogP) is 4.29. The number of piperidine rings is 1. The number of carbonyl (C=O) groups is 1. The minimum Gasteiger partial charge on any atom is -0.497 e. The van der Waals surface area contributed by atoms with Crippen molar-refractivity contribution in [1.82, 2.24) is 19.7 Å². The Balaban J connectivity index is 1.60. The average molecular weight is 423 g/mol. The van der Waals surface area contributed by atoms with Crippen molar-refractivity contribution in [2.24, 2.45) is 5.92 Å². The summed E-state index contributed by atoms with van der Waals surface area (Å²) >= 11 is 1.44. The Morgan fingerprint density at radius 1 is 1.10 bits per heavy atom. The van der Waals surface area contributed by atoms with Crippen LogP contribution in [0.25, 0.3) is 17.1 Å². The van der Waals surface area contributed by atoms with Crippen molar-refractivity contribution in [3.63, 3.8) is 0 Å². The smallest absolute Gasteiger partial charge is 0.233 e. The van der Waals surface area contributed by atoms with Gasteiger partial charge in [-0.15, -0.1) is 10.2 Å². The van der Waals surface area contributed by atoms with Crippen LogP contribution in [0.3, 0.4) is 0 Å². The van der Waals surface area contributed by atoms with Gasteiger partial charge in [0.1, 0.15) is 5.75 Å². The molecule has 0 bridgehead atoms. The van der Waals surface area contributed by atoms with E-state index >= 15 is 0 Å². The number of amides is 1.